The topological polar surface area (TPSA) is 73.9 Å². The highest BCUT2D eigenvalue weighted by Crippen LogP contribution is 2.32. The van der Waals surface area contributed by atoms with E-state index in [1.807, 2.05) is 6.07 Å². The minimum absolute atomic E-state index is 0.155. The van der Waals surface area contributed by atoms with Crippen LogP contribution < -0.4 is 14.8 Å². The Morgan fingerprint density at radius 3 is 2.71 bits per heavy atom. The predicted octanol–water partition coefficient (Wildman–Crippen LogP) is 3.28. The number of benzene rings is 2. The van der Waals surface area contributed by atoms with E-state index in [2.05, 4.69) is 5.32 Å². The van der Waals surface area contributed by atoms with Crippen molar-refractivity contribution >= 4 is 23.6 Å². The van der Waals surface area contributed by atoms with Gasteiger partial charge in [-0.2, -0.15) is 0 Å². The molecule has 2 aromatic carbocycles. The first-order chi connectivity index (χ1) is 13.5. The summed E-state index contributed by atoms with van der Waals surface area (Å²) in [5.41, 5.74) is 0.854. The standard InChI is InChI=1S/C20H20FNO5S/c1-13(27-19(23)8-9-28-16-5-3-15(21)4-6-16)20(24)22-11-14-2-7-17-18(10-14)26-12-25-17/h2-7,10,13H,8-9,11-12H2,1H3,(H,22,24)/t13-/m1/s1. The molecule has 0 radical (unpaired) electrons. The second-order valence-electron chi connectivity index (χ2n) is 6.09. The third-order valence-corrected chi connectivity index (χ3v) is 4.98. The number of rotatable bonds is 8. The molecule has 8 heteroatoms. The highest BCUT2D eigenvalue weighted by Gasteiger charge is 2.18. The zero-order valence-corrected chi connectivity index (χ0v) is 16.1. The Morgan fingerprint density at radius 2 is 1.93 bits per heavy atom. The lowest BCUT2D eigenvalue weighted by atomic mass is 10.2. The van der Waals surface area contributed by atoms with Crippen molar-refractivity contribution in [3.8, 4) is 11.5 Å². The van der Waals surface area contributed by atoms with Gasteiger partial charge in [0.2, 0.25) is 6.79 Å². The summed E-state index contributed by atoms with van der Waals surface area (Å²) < 4.78 is 28.6. The molecule has 2 aromatic rings. The number of esters is 1. The van der Waals surface area contributed by atoms with E-state index in [-0.39, 0.29) is 31.5 Å². The quantitative estimate of drug-likeness (QED) is 0.537. The molecule has 0 spiro atoms. The number of thioether (sulfide) groups is 1. The number of carbonyl (C=O) groups is 2. The fourth-order valence-electron chi connectivity index (χ4n) is 2.48. The van der Waals surface area contributed by atoms with Crippen LogP contribution in [0.2, 0.25) is 0 Å². The number of hydrogen-bond acceptors (Lipinski definition) is 6. The van der Waals surface area contributed by atoms with Crippen molar-refractivity contribution in [3.05, 3.63) is 53.8 Å². The van der Waals surface area contributed by atoms with Gasteiger partial charge in [-0.1, -0.05) is 6.07 Å². The number of carbonyl (C=O) groups excluding carboxylic acids is 2. The molecule has 1 aliphatic rings. The van der Waals surface area contributed by atoms with Crippen LogP contribution in [0.5, 0.6) is 11.5 Å². The van der Waals surface area contributed by atoms with E-state index in [0.717, 1.165) is 10.5 Å². The van der Waals surface area contributed by atoms with Gasteiger partial charge in [-0.3, -0.25) is 9.59 Å². The minimum Gasteiger partial charge on any atom is -0.454 e. The molecule has 0 aliphatic carbocycles. The Kier molecular flexibility index (Phi) is 6.76. The van der Waals surface area contributed by atoms with Gasteiger partial charge in [0.1, 0.15) is 5.82 Å². The number of nitrogens with one attached hydrogen (secondary N) is 1. The molecule has 0 unspecified atom stereocenters. The van der Waals surface area contributed by atoms with Crippen molar-refractivity contribution in [1.29, 1.82) is 0 Å². The zero-order valence-electron chi connectivity index (χ0n) is 15.3. The van der Waals surface area contributed by atoms with Gasteiger partial charge < -0.3 is 19.5 Å². The average molecular weight is 405 g/mol. The van der Waals surface area contributed by atoms with Gasteiger partial charge in [0, 0.05) is 17.2 Å². The van der Waals surface area contributed by atoms with Gasteiger partial charge in [-0.25, -0.2) is 4.39 Å². The van der Waals surface area contributed by atoms with Crippen molar-refractivity contribution in [2.24, 2.45) is 0 Å². The molecule has 3 rings (SSSR count). The molecular weight excluding hydrogens is 385 g/mol. The second-order valence-corrected chi connectivity index (χ2v) is 7.26. The average Bonchev–Trinajstić information content (AvgIpc) is 3.15. The molecule has 1 atom stereocenters. The van der Waals surface area contributed by atoms with Crippen molar-refractivity contribution < 1.29 is 28.2 Å². The largest absolute Gasteiger partial charge is 0.454 e. The van der Waals surface area contributed by atoms with Crippen LogP contribution in [0.25, 0.3) is 0 Å². The molecule has 0 fully saturated rings. The first kappa shape index (κ1) is 20.0. The highest BCUT2D eigenvalue weighted by molar-refractivity contribution is 7.99. The molecule has 148 valence electrons. The number of ether oxygens (including phenoxy) is 3. The van der Waals surface area contributed by atoms with E-state index in [9.17, 15) is 14.0 Å². The molecule has 0 saturated carbocycles. The van der Waals surface area contributed by atoms with Crippen molar-refractivity contribution in [1.82, 2.24) is 5.32 Å². The third kappa shape index (κ3) is 5.63. The van der Waals surface area contributed by atoms with Crippen LogP contribution in [0.4, 0.5) is 4.39 Å². The maximum atomic E-state index is 12.9. The van der Waals surface area contributed by atoms with Crippen LogP contribution in [-0.4, -0.2) is 30.5 Å². The number of amides is 1. The van der Waals surface area contributed by atoms with Crippen LogP contribution in [-0.2, 0) is 20.9 Å². The lowest BCUT2D eigenvalue weighted by Gasteiger charge is -2.13. The van der Waals surface area contributed by atoms with E-state index in [1.165, 1.54) is 30.8 Å². The van der Waals surface area contributed by atoms with Gasteiger partial charge >= 0.3 is 5.97 Å². The van der Waals surface area contributed by atoms with Gasteiger partial charge in [0.15, 0.2) is 17.6 Å². The van der Waals surface area contributed by atoms with E-state index in [4.69, 9.17) is 14.2 Å². The lowest BCUT2D eigenvalue weighted by molar-refractivity contribution is -0.154. The summed E-state index contributed by atoms with van der Waals surface area (Å²) in [6.45, 7) is 2.01. The molecule has 1 N–H and O–H groups in total. The van der Waals surface area contributed by atoms with E-state index < -0.39 is 12.1 Å². The molecule has 6 nitrogen and oxygen atoms in total. The molecule has 0 saturated heterocycles. The molecule has 1 heterocycles. The molecular formula is C20H20FNO5S. The van der Waals surface area contributed by atoms with Crippen LogP contribution in [0, 0.1) is 5.82 Å². The number of hydrogen-bond donors (Lipinski definition) is 1. The second kappa shape index (κ2) is 9.45. The maximum absolute atomic E-state index is 12.9. The van der Waals surface area contributed by atoms with Crippen molar-refractivity contribution in [2.45, 2.75) is 30.9 Å². The van der Waals surface area contributed by atoms with Gasteiger partial charge in [-0.05, 0) is 48.9 Å². The molecule has 0 bridgehead atoms. The summed E-state index contributed by atoms with van der Waals surface area (Å²) in [5, 5.41) is 2.73. The Hall–Kier alpha value is -2.74. The summed E-state index contributed by atoms with van der Waals surface area (Å²) in [7, 11) is 0. The molecule has 1 amide bonds. The highest BCUT2D eigenvalue weighted by atomic mass is 32.2. The van der Waals surface area contributed by atoms with Gasteiger partial charge in [0.25, 0.3) is 5.91 Å². The molecule has 28 heavy (non-hydrogen) atoms. The lowest BCUT2D eigenvalue weighted by Crippen LogP contribution is -2.35. The number of halogens is 1. The normalized spacial score (nSPS) is 13.1. The van der Waals surface area contributed by atoms with Gasteiger partial charge in [0.05, 0.1) is 6.42 Å². The van der Waals surface area contributed by atoms with Crippen LogP contribution in [0.1, 0.15) is 18.9 Å². The fraction of sp³-hybridized carbons (Fsp3) is 0.300. The first-order valence-electron chi connectivity index (χ1n) is 8.75. The van der Waals surface area contributed by atoms with E-state index in [0.29, 0.717) is 17.3 Å². The van der Waals surface area contributed by atoms with Crippen molar-refractivity contribution in [2.75, 3.05) is 12.5 Å². The van der Waals surface area contributed by atoms with Crippen LogP contribution >= 0.6 is 11.8 Å². The minimum atomic E-state index is -0.891. The first-order valence-corrected chi connectivity index (χ1v) is 9.74. The molecule has 1 aliphatic heterocycles. The van der Waals surface area contributed by atoms with Crippen molar-refractivity contribution in [3.63, 3.8) is 0 Å². The summed E-state index contributed by atoms with van der Waals surface area (Å²) in [6.07, 6.45) is -0.737. The summed E-state index contributed by atoms with van der Waals surface area (Å²) >= 11 is 1.42. The Morgan fingerprint density at radius 1 is 1.18 bits per heavy atom. The zero-order chi connectivity index (χ0) is 19.9. The van der Waals surface area contributed by atoms with E-state index in [1.54, 1.807) is 24.3 Å². The molecule has 0 aromatic heterocycles. The summed E-state index contributed by atoms with van der Waals surface area (Å²) in [5.74, 6) is 0.665. The van der Waals surface area contributed by atoms with Crippen LogP contribution in [0.3, 0.4) is 0 Å². The SMILES string of the molecule is C[C@@H](OC(=O)CCSc1ccc(F)cc1)C(=O)NCc1ccc2c(c1)OCO2. The van der Waals surface area contributed by atoms with E-state index >= 15 is 0 Å². The summed E-state index contributed by atoms with van der Waals surface area (Å²) in [6, 6.07) is 11.4. The fourth-order valence-corrected chi connectivity index (χ4v) is 3.31. The summed E-state index contributed by atoms with van der Waals surface area (Å²) in [4.78, 5) is 24.9. The van der Waals surface area contributed by atoms with Gasteiger partial charge in [-0.15, -0.1) is 11.8 Å². The number of fused-ring (bicyclic) bond motifs is 1. The third-order valence-electron chi connectivity index (χ3n) is 3.97. The van der Waals surface area contributed by atoms with Crippen LogP contribution in [0.15, 0.2) is 47.4 Å². The maximum Gasteiger partial charge on any atom is 0.307 e. The smallest absolute Gasteiger partial charge is 0.307 e. The Balaban J connectivity index is 1.37. The monoisotopic (exact) mass is 405 g/mol. The Bertz CT molecular complexity index is 843. The Labute approximate surface area is 166 Å². The predicted molar refractivity (Wildman–Crippen MR) is 102 cm³/mol.